The zero-order valence-corrected chi connectivity index (χ0v) is 21.7. The highest BCUT2D eigenvalue weighted by molar-refractivity contribution is 7.91. The van der Waals surface area contributed by atoms with Gasteiger partial charge in [-0.25, -0.2) is 8.42 Å². The lowest BCUT2D eigenvalue weighted by atomic mass is 9.83. The maximum Gasteiger partial charge on any atom is 0.387 e. The Kier molecular flexibility index (Phi) is 6.83. The van der Waals surface area contributed by atoms with Crippen LogP contribution in [0.1, 0.15) is 54.6 Å². The number of ether oxygens (including phenoxy) is 2. The number of aromatic nitrogens is 2. The van der Waals surface area contributed by atoms with Crippen LogP contribution in [-0.4, -0.2) is 55.3 Å². The lowest BCUT2D eigenvalue weighted by molar-refractivity contribution is -0.0498. The Labute approximate surface area is 214 Å². The Hall–Kier alpha value is -2.85. The summed E-state index contributed by atoms with van der Waals surface area (Å²) in [6.07, 6.45) is 2.15. The van der Waals surface area contributed by atoms with Crippen LogP contribution in [0.25, 0.3) is 22.2 Å². The third kappa shape index (κ3) is 5.40. The first kappa shape index (κ1) is 25.8. The molecule has 0 N–H and O–H groups in total. The molecule has 2 saturated heterocycles. The lowest BCUT2D eigenvalue weighted by Crippen LogP contribution is -2.22. The van der Waals surface area contributed by atoms with Gasteiger partial charge in [0.15, 0.2) is 15.6 Å². The number of ketones is 1. The van der Waals surface area contributed by atoms with Gasteiger partial charge in [-0.1, -0.05) is 19.1 Å². The van der Waals surface area contributed by atoms with Crippen LogP contribution >= 0.6 is 0 Å². The Morgan fingerprint density at radius 1 is 1.24 bits per heavy atom. The standard InChI is InChI=1S/C27H30F2N2O5S/c1-17-12-19(23(32)15-27(2)8-11-37(33,34)16-27)14-22-24(17)25(30-31(22)20-6-9-35-10-7-20)18-4-3-5-21(13-18)36-26(28)29/h3-5,12-14,20,26H,6-11,15-16H2,1-2H3/t27-/m1/s1. The number of alkyl halides is 2. The van der Waals surface area contributed by atoms with Gasteiger partial charge in [0.2, 0.25) is 0 Å². The lowest BCUT2D eigenvalue weighted by Gasteiger charge is -2.23. The maximum atomic E-state index is 13.4. The maximum absolute atomic E-state index is 13.4. The van der Waals surface area contributed by atoms with Crippen LogP contribution in [-0.2, 0) is 14.6 Å². The predicted molar refractivity (Wildman–Crippen MR) is 136 cm³/mol. The van der Waals surface area contributed by atoms with E-state index in [2.05, 4.69) is 4.74 Å². The molecule has 37 heavy (non-hydrogen) atoms. The smallest absolute Gasteiger partial charge is 0.387 e. The van der Waals surface area contributed by atoms with Gasteiger partial charge in [0.1, 0.15) is 11.4 Å². The molecule has 5 rings (SSSR count). The van der Waals surface area contributed by atoms with E-state index in [-0.39, 0.29) is 35.5 Å². The summed E-state index contributed by atoms with van der Waals surface area (Å²) in [5.74, 6) is 0.0840. The van der Waals surface area contributed by atoms with Crippen LogP contribution in [0.2, 0.25) is 0 Å². The molecule has 1 atom stereocenters. The minimum Gasteiger partial charge on any atom is -0.435 e. The normalized spacial score (nSPS) is 22.1. The SMILES string of the molecule is Cc1cc(C(=O)C[C@@]2(C)CCS(=O)(=O)C2)cc2c1c(-c1cccc(OC(F)F)c1)nn2C1CCOCC1. The van der Waals surface area contributed by atoms with E-state index in [0.717, 1.165) is 29.3 Å². The van der Waals surface area contributed by atoms with Crippen LogP contribution in [0.5, 0.6) is 5.75 Å². The van der Waals surface area contributed by atoms with Gasteiger partial charge in [0.25, 0.3) is 0 Å². The van der Waals surface area contributed by atoms with Crippen molar-refractivity contribution in [2.75, 3.05) is 24.7 Å². The predicted octanol–water partition coefficient (Wildman–Crippen LogP) is 5.36. The van der Waals surface area contributed by atoms with Gasteiger partial charge in [-0.15, -0.1) is 0 Å². The van der Waals surface area contributed by atoms with E-state index in [9.17, 15) is 22.0 Å². The van der Waals surface area contributed by atoms with Crippen molar-refractivity contribution in [3.8, 4) is 17.0 Å². The first-order valence-electron chi connectivity index (χ1n) is 12.4. The summed E-state index contributed by atoms with van der Waals surface area (Å²) in [7, 11) is -3.12. The van der Waals surface area contributed by atoms with E-state index >= 15 is 0 Å². The van der Waals surface area contributed by atoms with Crippen molar-refractivity contribution in [1.29, 1.82) is 0 Å². The molecule has 1 aromatic heterocycles. The highest BCUT2D eigenvalue weighted by Gasteiger charge is 2.40. The number of hydrogen-bond donors (Lipinski definition) is 0. The summed E-state index contributed by atoms with van der Waals surface area (Å²) in [6, 6.07) is 10.2. The van der Waals surface area contributed by atoms with Gasteiger partial charge < -0.3 is 9.47 Å². The molecule has 198 valence electrons. The molecule has 7 nitrogen and oxygen atoms in total. The van der Waals surface area contributed by atoms with E-state index in [0.29, 0.717) is 36.5 Å². The second kappa shape index (κ2) is 9.79. The number of fused-ring (bicyclic) bond motifs is 1. The number of nitrogens with zero attached hydrogens (tertiary/aromatic N) is 2. The molecule has 0 bridgehead atoms. The minimum atomic E-state index is -3.12. The monoisotopic (exact) mass is 532 g/mol. The number of Topliss-reactive ketones (excluding diaryl/α,β-unsaturated/α-hetero) is 1. The van der Waals surface area contributed by atoms with Crippen LogP contribution < -0.4 is 4.74 Å². The minimum absolute atomic E-state index is 0.0220. The number of carbonyl (C=O) groups excluding carboxylic acids is 1. The van der Waals surface area contributed by atoms with Crippen LogP contribution in [0, 0.1) is 12.3 Å². The summed E-state index contributed by atoms with van der Waals surface area (Å²) in [5, 5.41) is 5.77. The molecular weight excluding hydrogens is 502 g/mol. The molecule has 0 unspecified atom stereocenters. The summed E-state index contributed by atoms with van der Waals surface area (Å²) in [4.78, 5) is 13.4. The molecule has 0 radical (unpaired) electrons. The molecule has 10 heteroatoms. The Morgan fingerprint density at radius 2 is 2.00 bits per heavy atom. The van der Waals surface area contributed by atoms with Crippen molar-refractivity contribution < 1.29 is 31.5 Å². The molecule has 0 amide bonds. The van der Waals surface area contributed by atoms with Gasteiger partial charge in [-0.3, -0.25) is 9.48 Å². The van der Waals surface area contributed by atoms with Gasteiger partial charge >= 0.3 is 6.61 Å². The number of sulfone groups is 1. The fourth-order valence-corrected chi connectivity index (χ4v) is 7.82. The van der Waals surface area contributed by atoms with Crippen molar-refractivity contribution in [3.05, 3.63) is 47.5 Å². The average molecular weight is 533 g/mol. The molecule has 0 aliphatic carbocycles. The van der Waals surface area contributed by atoms with Crippen molar-refractivity contribution >= 4 is 26.5 Å². The zero-order valence-electron chi connectivity index (χ0n) is 20.9. The third-order valence-corrected chi connectivity index (χ3v) is 9.33. The largest absolute Gasteiger partial charge is 0.435 e. The van der Waals surface area contributed by atoms with Crippen LogP contribution in [0.4, 0.5) is 8.78 Å². The van der Waals surface area contributed by atoms with E-state index in [4.69, 9.17) is 9.84 Å². The quantitative estimate of drug-likeness (QED) is 0.381. The highest BCUT2D eigenvalue weighted by atomic mass is 32.2. The molecule has 3 aromatic rings. The fourth-order valence-electron chi connectivity index (χ4n) is 5.57. The van der Waals surface area contributed by atoms with Crippen LogP contribution in [0.3, 0.4) is 0 Å². The van der Waals surface area contributed by atoms with Gasteiger partial charge in [-0.05, 0) is 61.4 Å². The van der Waals surface area contributed by atoms with Crippen molar-refractivity contribution in [2.45, 2.75) is 52.2 Å². The van der Waals surface area contributed by atoms with E-state index < -0.39 is 21.9 Å². The Morgan fingerprint density at radius 3 is 2.68 bits per heavy atom. The summed E-state index contributed by atoms with van der Waals surface area (Å²) in [6.45, 7) is 2.03. The summed E-state index contributed by atoms with van der Waals surface area (Å²) >= 11 is 0. The average Bonchev–Trinajstić information content (AvgIpc) is 3.36. The van der Waals surface area contributed by atoms with Gasteiger partial charge in [0.05, 0.1) is 23.1 Å². The van der Waals surface area contributed by atoms with Gasteiger partial charge in [-0.2, -0.15) is 13.9 Å². The highest BCUT2D eigenvalue weighted by Crippen LogP contribution is 2.39. The summed E-state index contributed by atoms with van der Waals surface area (Å²) < 4.78 is 61.8. The summed E-state index contributed by atoms with van der Waals surface area (Å²) in [5.41, 5.74) is 2.83. The molecule has 3 heterocycles. The second-order valence-electron chi connectivity index (χ2n) is 10.5. The molecule has 0 spiro atoms. The number of carbonyl (C=O) groups is 1. The van der Waals surface area contributed by atoms with Crippen molar-refractivity contribution in [1.82, 2.24) is 9.78 Å². The molecular formula is C27H30F2N2O5S. The second-order valence-corrected chi connectivity index (χ2v) is 12.7. The van der Waals surface area contributed by atoms with Gasteiger partial charge in [0, 0.05) is 36.1 Å². The van der Waals surface area contributed by atoms with E-state index in [1.165, 1.54) is 6.07 Å². The first-order valence-corrected chi connectivity index (χ1v) is 14.3. The number of hydrogen-bond acceptors (Lipinski definition) is 6. The van der Waals surface area contributed by atoms with E-state index in [1.54, 1.807) is 18.2 Å². The Balaban J connectivity index is 1.58. The van der Waals surface area contributed by atoms with Crippen LogP contribution in [0.15, 0.2) is 36.4 Å². The number of aryl methyl sites for hydroxylation is 1. The van der Waals surface area contributed by atoms with E-state index in [1.807, 2.05) is 30.7 Å². The molecule has 2 aromatic carbocycles. The molecule has 2 aliphatic rings. The Bertz CT molecular complexity index is 1450. The number of halogens is 2. The number of rotatable bonds is 7. The fraction of sp³-hybridized carbons (Fsp3) is 0.481. The molecule has 0 saturated carbocycles. The zero-order chi connectivity index (χ0) is 26.4. The van der Waals surface area contributed by atoms with Crippen molar-refractivity contribution in [3.63, 3.8) is 0 Å². The first-order chi connectivity index (χ1) is 17.5. The molecule has 2 fully saturated rings. The molecule has 2 aliphatic heterocycles. The number of benzene rings is 2. The third-order valence-electron chi connectivity index (χ3n) is 7.37. The topological polar surface area (TPSA) is 87.5 Å². The van der Waals surface area contributed by atoms with Crippen molar-refractivity contribution in [2.24, 2.45) is 5.41 Å².